The Kier molecular flexibility index (Phi) is 4.47. The number of hydrogen-bond acceptors (Lipinski definition) is 5. The lowest BCUT2D eigenvalue weighted by molar-refractivity contribution is 0.0926. The molecule has 1 amide bonds. The van der Waals surface area contributed by atoms with Gasteiger partial charge in [-0.15, -0.1) is 0 Å². The number of likely N-dealkylation sites (tertiary alicyclic amines) is 1. The SMILES string of the molecule is O=C(N[C@@H]1CS(=O)(=O)[C@H]2CN(Cc3c(F)cccc3F)C[C@@H]12)c1cnc[nH]1. The third-order valence-electron chi connectivity index (χ3n) is 5.28. The number of halogens is 2. The first-order valence-electron chi connectivity index (χ1n) is 8.51. The van der Waals surface area contributed by atoms with E-state index in [0.717, 1.165) is 0 Å². The van der Waals surface area contributed by atoms with Crippen LogP contribution in [-0.2, 0) is 16.4 Å². The van der Waals surface area contributed by atoms with Gasteiger partial charge in [0.15, 0.2) is 9.84 Å². The van der Waals surface area contributed by atoms with Crippen LogP contribution in [0.25, 0.3) is 0 Å². The van der Waals surface area contributed by atoms with Crippen molar-refractivity contribution in [3.63, 3.8) is 0 Å². The average Bonchev–Trinajstić information content (AvgIpc) is 3.31. The van der Waals surface area contributed by atoms with Gasteiger partial charge in [-0.2, -0.15) is 0 Å². The Bertz CT molecular complexity index is 944. The zero-order chi connectivity index (χ0) is 19.2. The number of aromatic amines is 1. The van der Waals surface area contributed by atoms with E-state index >= 15 is 0 Å². The summed E-state index contributed by atoms with van der Waals surface area (Å²) in [6, 6.07) is 3.10. The zero-order valence-electron chi connectivity index (χ0n) is 14.2. The second-order valence-electron chi connectivity index (χ2n) is 6.97. The Hall–Kier alpha value is -2.33. The minimum atomic E-state index is -3.40. The van der Waals surface area contributed by atoms with Gasteiger partial charge >= 0.3 is 0 Å². The van der Waals surface area contributed by atoms with Crippen molar-refractivity contribution in [3.05, 3.63) is 53.6 Å². The Morgan fingerprint density at radius 3 is 2.70 bits per heavy atom. The Morgan fingerprint density at radius 2 is 2.04 bits per heavy atom. The first-order chi connectivity index (χ1) is 12.8. The van der Waals surface area contributed by atoms with E-state index in [1.54, 1.807) is 4.90 Å². The third kappa shape index (κ3) is 3.34. The van der Waals surface area contributed by atoms with Gasteiger partial charge in [0.1, 0.15) is 17.3 Å². The van der Waals surface area contributed by atoms with E-state index in [-0.39, 0.29) is 36.0 Å². The van der Waals surface area contributed by atoms with Crippen LogP contribution >= 0.6 is 0 Å². The van der Waals surface area contributed by atoms with E-state index in [2.05, 4.69) is 15.3 Å². The maximum Gasteiger partial charge on any atom is 0.269 e. The molecule has 0 unspecified atom stereocenters. The van der Waals surface area contributed by atoms with E-state index in [9.17, 15) is 22.0 Å². The number of aromatic nitrogens is 2. The molecule has 0 bridgehead atoms. The largest absolute Gasteiger partial charge is 0.347 e. The van der Waals surface area contributed by atoms with Gasteiger partial charge in [0.2, 0.25) is 0 Å². The first kappa shape index (κ1) is 18.1. The van der Waals surface area contributed by atoms with Crippen LogP contribution in [0, 0.1) is 17.6 Å². The maximum atomic E-state index is 13.9. The summed E-state index contributed by atoms with van der Waals surface area (Å²) in [6.45, 7) is 0.519. The monoisotopic (exact) mass is 396 g/mol. The highest BCUT2D eigenvalue weighted by molar-refractivity contribution is 7.92. The van der Waals surface area contributed by atoms with Gasteiger partial charge < -0.3 is 10.3 Å². The normalized spacial score (nSPS) is 26.8. The number of rotatable bonds is 4. The number of nitrogens with zero attached hydrogens (tertiary/aromatic N) is 2. The highest BCUT2D eigenvalue weighted by Crippen LogP contribution is 2.35. The van der Waals surface area contributed by atoms with E-state index in [1.165, 1.54) is 30.7 Å². The number of fused-ring (bicyclic) bond motifs is 1. The molecule has 3 heterocycles. The summed E-state index contributed by atoms with van der Waals surface area (Å²) < 4.78 is 52.8. The standard InChI is InChI=1S/C17H18F2N4O3S/c18-12-2-1-3-13(19)10(12)5-23-6-11-15(8-27(25,26)16(11)7-23)22-17(24)14-4-20-9-21-14/h1-4,9,11,15-16H,5-8H2,(H,20,21)(H,22,24)/t11-,15+,16-/m0/s1. The summed E-state index contributed by atoms with van der Waals surface area (Å²) in [7, 11) is -3.40. The Balaban J connectivity index is 1.50. The molecule has 1 aromatic heterocycles. The molecule has 0 aliphatic carbocycles. The quantitative estimate of drug-likeness (QED) is 0.794. The maximum absolute atomic E-state index is 13.9. The average molecular weight is 396 g/mol. The van der Waals surface area contributed by atoms with Gasteiger partial charge in [0, 0.05) is 37.2 Å². The molecular formula is C17H18F2N4O3S. The second-order valence-corrected chi connectivity index (χ2v) is 9.24. The summed E-state index contributed by atoms with van der Waals surface area (Å²) in [5, 5.41) is 2.10. The molecule has 0 radical (unpaired) electrons. The molecule has 10 heteroatoms. The highest BCUT2D eigenvalue weighted by atomic mass is 32.2. The lowest BCUT2D eigenvalue weighted by Gasteiger charge is -2.21. The molecule has 3 atom stereocenters. The molecule has 0 spiro atoms. The van der Waals surface area contributed by atoms with Crippen molar-refractivity contribution in [2.75, 3.05) is 18.8 Å². The topological polar surface area (TPSA) is 95.2 Å². The molecular weight excluding hydrogens is 378 g/mol. The molecule has 7 nitrogen and oxygen atoms in total. The van der Waals surface area contributed by atoms with Crippen LogP contribution in [0.2, 0.25) is 0 Å². The van der Waals surface area contributed by atoms with Crippen molar-refractivity contribution in [1.82, 2.24) is 20.2 Å². The summed E-state index contributed by atoms with van der Waals surface area (Å²) in [6.07, 6.45) is 2.72. The second kappa shape index (κ2) is 6.68. The molecule has 4 rings (SSSR count). The molecule has 2 fully saturated rings. The molecule has 2 aromatic rings. The van der Waals surface area contributed by atoms with Gasteiger partial charge in [0.25, 0.3) is 5.91 Å². The summed E-state index contributed by atoms with van der Waals surface area (Å²) in [5.41, 5.74) is 0.173. The van der Waals surface area contributed by atoms with E-state index in [1.807, 2.05) is 0 Å². The number of amides is 1. The fraction of sp³-hybridized carbons (Fsp3) is 0.412. The zero-order valence-corrected chi connectivity index (χ0v) is 15.0. The summed E-state index contributed by atoms with van der Waals surface area (Å²) in [5.74, 6) is -2.19. The number of imidazole rings is 1. The fourth-order valence-electron chi connectivity index (χ4n) is 3.95. The Morgan fingerprint density at radius 1 is 1.30 bits per heavy atom. The summed E-state index contributed by atoms with van der Waals surface area (Å²) in [4.78, 5) is 20.4. The van der Waals surface area contributed by atoms with Crippen LogP contribution in [0.5, 0.6) is 0 Å². The number of nitrogens with one attached hydrogen (secondary N) is 2. The van der Waals surface area contributed by atoms with E-state index in [0.29, 0.717) is 6.54 Å². The number of carbonyl (C=O) groups is 1. The predicted molar refractivity (Wildman–Crippen MR) is 92.5 cm³/mol. The number of H-pyrrole nitrogens is 1. The third-order valence-corrected chi connectivity index (χ3v) is 7.52. The number of hydrogen-bond donors (Lipinski definition) is 2. The van der Waals surface area contributed by atoms with Crippen molar-refractivity contribution in [1.29, 1.82) is 0 Å². The highest BCUT2D eigenvalue weighted by Gasteiger charge is 2.52. The van der Waals surface area contributed by atoms with Crippen molar-refractivity contribution in [2.24, 2.45) is 5.92 Å². The first-order valence-corrected chi connectivity index (χ1v) is 10.2. The van der Waals surface area contributed by atoms with Crippen molar-refractivity contribution >= 4 is 15.7 Å². The fourth-order valence-corrected chi connectivity index (χ4v) is 6.28. The van der Waals surface area contributed by atoms with Crippen LogP contribution < -0.4 is 5.32 Å². The van der Waals surface area contributed by atoms with Gasteiger partial charge in [-0.25, -0.2) is 22.2 Å². The molecule has 2 aliphatic heterocycles. The van der Waals surface area contributed by atoms with Gasteiger partial charge in [0.05, 0.1) is 23.5 Å². The lowest BCUT2D eigenvalue weighted by Crippen LogP contribution is -2.42. The number of sulfone groups is 1. The molecule has 0 saturated carbocycles. The molecule has 1 aromatic carbocycles. The van der Waals surface area contributed by atoms with Gasteiger partial charge in [-0.1, -0.05) is 6.07 Å². The molecule has 2 aliphatic rings. The number of benzene rings is 1. The van der Waals surface area contributed by atoms with Crippen molar-refractivity contribution < 1.29 is 22.0 Å². The minimum Gasteiger partial charge on any atom is -0.347 e. The van der Waals surface area contributed by atoms with Gasteiger partial charge in [-0.05, 0) is 12.1 Å². The van der Waals surface area contributed by atoms with Crippen molar-refractivity contribution in [2.45, 2.75) is 17.8 Å². The van der Waals surface area contributed by atoms with Crippen LogP contribution in [0.3, 0.4) is 0 Å². The summed E-state index contributed by atoms with van der Waals surface area (Å²) >= 11 is 0. The van der Waals surface area contributed by atoms with E-state index < -0.39 is 38.7 Å². The van der Waals surface area contributed by atoms with Gasteiger partial charge in [-0.3, -0.25) is 9.69 Å². The van der Waals surface area contributed by atoms with Crippen molar-refractivity contribution in [3.8, 4) is 0 Å². The molecule has 27 heavy (non-hydrogen) atoms. The van der Waals surface area contributed by atoms with Crippen LogP contribution in [-0.4, -0.2) is 59.3 Å². The van der Waals surface area contributed by atoms with Crippen LogP contribution in [0.15, 0.2) is 30.7 Å². The lowest BCUT2D eigenvalue weighted by atomic mass is 10.0. The van der Waals surface area contributed by atoms with E-state index in [4.69, 9.17) is 0 Å². The Labute approximate surface area is 154 Å². The molecule has 144 valence electrons. The van der Waals surface area contributed by atoms with Crippen LogP contribution in [0.4, 0.5) is 8.78 Å². The predicted octanol–water partition coefficient (Wildman–Crippen LogP) is 0.715. The smallest absolute Gasteiger partial charge is 0.269 e. The van der Waals surface area contributed by atoms with Crippen LogP contribution in [0.1, 0.15) is 16.1 Å². The molecule has 2 saturated heterocycles. The number of carbonyl (C=O) groups excluding carboxylic acids is 1. The molecule has 2 N–H and O–H groups in total. The minimum absolute atomic E-state index is 0.0117.